The van der Waals surface area contributed by atoms with E-state index < -0.39 is 5.92 Å². The van der Waals surface area contributed by atoms with Gasteiger partial charge in [-0.1, -0.05) is 38.1 Å². The van der Waals surface area contributed by atoms with Crippen LogP contribution in [0.4, 0.5) is 5.69 Å². The van der Waals surface area contributed by atoms with Gasteiger partial charge in [-0.25, -0.2) is 0 Å². The Morgan fingerprint density at radius 2 is 1.72 bits per heavy atom. The molecule has 2 amide bonds. The van der Waals surface area contributed by atoms with Gasteiger partial charge in [-0.15, -0.1) is 11.3 Å². The Bertz CT molecular complexity index is 1200. The summed E-state index contributed by atoms with van der Waals surface area (Å²) in [7, 11) is 1.67. The molecule has 0 radical (unpaired) electrons. The molecule has 6 nitrogen and oxygen atoms in total. The molecule has 2 atom stereocenters. The summed E-state index contributed by atoms with van der Waals surface area (Å²) in [4.78, 5) is 35.2. The summed E-state index contributed by atoms with van der Waals surface area (Å²) in [6, 6.07) is 19.5. The number of hydrogen-bond acceptors (Lipinski definition) is 5. The van der Waals surface area contributed by atoms with Crippen molar-refractivity contribution >= 4 is 28.8 Å². The molecule has 2 aliphatic heterocycles. The first-order chi connectivity index (χ1) is 17.5. The standard InChI is InChI=1S/C29H33N3O3S/c1-20(2)19-32-27(25-9-6-18-36-25)26(23-7-4-5-8-24(23)28(32)33)29(34)31-16-14-30(15-17-31)21-10-12-22(35-3)13-11-21/h4-13,18,20,26-27H,14-17,19H2,1-3H3/t26-,27-/m0/s1. The van der Waals surface area contributed by atoms with E-state index in [4.69, 9.17) is 4.74 Å². The third-order valence-electron chi connectivity index (χ3n) is 7.13. The van der Waals surface area contributed by atoms with Crippen molar-refractivity contribution in [1.29, 1.82) is 0 Å². The molecule has 3 aromatic rings. The van der Waals surface area contributed by atoms with Gasteiger partial charge in [0, 0.05) is 48.9 Å². The topological polar surface area (TPSA) is 53.1 Å². The van der Waals surface area contributed by atoms with E-state index in [0.29, 0.717) is 31.1 Å². The third kappa shape index (κ3) is 4.60. The molecule has 5 rings (SSSR count). The van der Waals surface area contributed by atoms with E-state index in [1.807, 2.05) is 57.6 Å². The van der Waals surface area contributed by atoms with Gasteiger partial charge in [0.1, 0.15) is 5.75 Å². The number of anilines is 1. The van der Waals surface area contributed by atoms with E-state index in [1.54, 1.807) is 18.4 Å². The molecule has 36 heavy (non-hydrogen) atoms. The molecule has 0 saturated carbocycles. The molecule has 0 N–H and O–H groups in total. The molecular weight excluding hydrogens is 470 g/mol. The van der Waals surface area contributed by atoms with Gasteiger partial charge in [0.05, 0.1) is 19.1 Å². The van der Waals surface area contributed by atoms with E-state index in [-0.39, 0.29) is 17.9 Å². The summed E-state index contributed by atoms with van der Waals surface area (Å²) in [5.74, 6) is 0.848. The number of carbonyl (C=O) groups excluding carboxylic acids is 2. The van der Waals surface area contributed by atoms with Crippen LogP contribution in [-0.4, -0.2) is 61.4 Å². The molecule has 2 aromatic carbocycles. The Hall–Kier alpha value is -3.32. The highest BCUT2D eigenvalue weighted by Crippen LogP contribution is 2.45. The van der Waals surface area contributed by atoms with Gasteiger partial charge in [-0.2, -0.15) is 0 Å². The maximum absolute atomic E-state index is 14.2. The molecule has 0 spiro atoms. The molecule has 7 heteroatoms. The summed E-state index contributed by atoms with van der Waals surface area (Å²) in [5, 5.41) is 2.03. The first kappa shape index (κ1) is 24.4. The van der Waals surface area contributed by atoms with E-state index in [9.17, 15) is 9.59 Å². The van der Waals surface area contributed by atoms with Crippen molar-refractivity contribution in [2.24, 2.45) is 5.92 Å². The van der Waals surface area contributed by atoms with Crippen LogP contribution in [0.1, 0.15) is 46.6 Å². The number of methoxy groups -OCH3 is 1. The number of carbonyl (C=O) groups is 2. The van der Waals surface area contributed by atoms with Gasteiger partial charge in [0.2, 0.25) is 5.91 Å². The lowest BCUT2D eigenvalue weighted by atomic mass is 9.80. The average molecular weight is 504 g/mol. The SMILES string of the molecule is COc1ccc(N2CCN(C(=O)[C@H]3c4ccccc4C(=O)N(CC(C)C)[C@H]3c3cccs3)CC2)cc1. The Kier molecular flexibility index (Phi) is 7.01. The predicted octanol–water partition coefficient (Wildman–Crippen LogP) is 5.04. The first-order valence-electron chi connectivity index (χ1n) is 12.6. The minimum absolute atomic E-state index is 0.0195. The predicted molar refractivity (Wildman–Crippen MR) is 144 cm³/mol. The summed E-state index contributed by atoms with van der Waals surface area (Å²) in [6.07, 6.45) is 0. The quantitative estimate of drug-likeness (QED) is 0.473. The van der Waals surface area contributed by atoms with Gasteiger partial charge >= 0.3 is 0 Å². The molecule has 0 aliphatic carbocycles. The van der Waals surface area contributed by atoms with Crippen molar-refractivity contribution in [2.75, 3.05) is 44.7 Å². The number of thiophene rings is 1. The van der Waals surface area contributed by atoms with Crippen LogP contribution in [0.25, 0.3) is 0 Å². The fourth-order valence-corrected chi connectivity index (χ4v) is 6.28. The second kappa shape index (κ2) is 10.3. The number of amides is 2. The van der Waals surface area contributed by atoms with Gasteiger partial charge in [-0.05, 0) is 53.3 Å². The average Bonchev–Trinajstić information content (AvgIpc) is 3.44. The Morgan fingerprint density at radius 1 is 1.00 bits per heavy atom. The largest absolute Gasteiger partial charge is 0.497 e. The van der Waals surface area contributed by atoms with Gasteiger partial charge in [0.25, 0.3) is 5.91 Å². The number of fused-ring (bicyclic) bond motifs is 1. The van der Waals surface area contributed by atoms with Gasteiger partial charge < -0.3 is 19.4 Å². The Balaban J connectivity index is 1.44. The molecule has 0 unspecified atom stereocenters. The van der Waals surface area contributed by atoms with Crippen molar-refractivity contribution in [2.45, 2.75) is 25.8 Å². The van der Waals surface area contributed by atoms with E-state index >= 15 is 0 Å². The Morgan fingerprint density at radius 3 is 2.36 bits per heavy atom. The van der Waals surface area contributed by atoms with Crippen molar-refractivity contribution in [3.63, 3.8) is 0 Å². The number of piperazine rings is 1. The summed E-state index contributed by atoms with van der Waals surface area (Å²) in [5.41, 5.74) is 2.64. The second-order valence-corrected chi connectivity index (χ2v) is 10.9. The zero-order chi connectivity index (χ0) is 25.2. The van der Waals surface area contributed by atoms with E-state index in [0.717, 1.165) is 35.0 Å². The van der Waals surface area contributed by atoms with Gasteiger partial charge in [-0.3, -0.25) is 9.59 Å². The highest BCUT2D eigenvalue weighted by Gasteiger charge is 2.46. The highest BCUT2D eigenvalue weighted by atomic mass is 32.1. The first-order valence-corrected chi connectivity index (χ1v) is 13.5. The minimum atomic E-state index is -0.413. The lowest BCUT2D eigenvalue weighted by Crippen LogP contribution is -2.53. The van der Waals surface area contributed by atoms with Crippen LogP contribution < -0.4 is 9.64 Å². The van der Waals surface area contributed by atoms with Crippen LogP contribution in [0.15, 0.2) is 66.0 Å². The lowest BCUT2D eigenvalue weighted by Gasteiger charge is -2.44. The highest BCUT2D eigenvalue weighted by molar-refractivity contribution is 7.10. The molecule has 188 valence electrons. The van der Waals surface area contributed by atoms with Crippen LogP contribution in [0.5, 0.6) is 5.75 Å². The van der Waals surface area contributed by atoms with Crippen molar-refractivity contribution in [3.05, 3.63) is 82.0 Å². The van der Waals surface area contributed by atoms with Gasteiger partial charge in [0.15, 0.2) is 0 Å². The summed E-state index contributed by atoms with van der Waals surface area (Å²) >= 11 is 1.62. The maximum Gasteiger partial charge on any atom is 0.254 e. The maximum atomic E-state index is 14.2. The van der Waals surface area contributed by atoms with E-state index in [2.05, 4.69) is 36.9 Å². The normalized spacial score (nSPS) is 20.0. The molecule has 2 aliphatic rings. The number of ether oxygens (including phenoxy) is 1. The van der Waals surface area contributed by atoms with Crippen molar-refractivity contribution in [1.82, 2.24) is 9.80 Å². The number of nitrogens with zero attached hydrogens (tertiary/aromatic N) is 3. The van der Waals surface area contributed by atoms with Crippen molar-refractivity contribution < 1.29 is 14.3 Å². The minimum Gasteiger partial charge on any atom is -0.497 e. The van der Waals surface area contributed by atoms with Crippen LogP contribution in [0.2, 0.25) is 0 Å². The van der Waals surface area contributed by atoms with Crippen LogP contribution in [-0.2, 0) is 4.79 Å². The Labute approximate surface area is 217 Å². The zero-order valence-electron chi connectivity index (χ0n) is 21.1. The van der Waals surface area contributed by atoms with Crippen LogP contribution in [0.3, 0.4) is 0 Å². The van der Waals surface area contributed by atoms with Crippen LogP contribution in [0, 0.1) is 5.92 Å². The molecule has 1 saturated heterocycles. The van der Waals surface area contributed by atoms with Crippen LogP contribution >= 0.6 is 11.3 Å². The second-order valence-electron chi connectivity index (χ2n) is 9.89. The monoisotopic (exact) mass is 503 g/mol. The van der Waals surface area contributed by atoms with Crippen molar-refractivity contribution in [3.8, 4) is 5.75 Å². The van der Waals surface area contributed by atoms with E-state index in [1.165, 1.54) is 0 Å². The number of rotatable bonds is 6. The molecule has 1 aromatic heterocycles. The molecular formula is C29H33N3O3S. The molecule has 0 bridgehead atoms. The lowest BCUT2D eigenvalue weighted by molar-refractivity contribution is -0.135. The third-order valence-corrected chi connectivity index (χ3v) is 8.07. The summed E-state index contributed by atoms with van der Waals surface area (Å²) < 4.78 is 5.28. The smallest absolute Gasteiger partial charge is 0.254 e. The molecule has 1 fully saturated rings. The number of hydrogen-bond donors (Lipinski definition) is 0. The fourth-order valence-electron chi connectivity index (χ4n) is 5.40. The number of benzene rings is 2. The molecule has 3 heterocycles. The fraction of sp³-hybridized carbons (Fsp3) is 0.379. The zero-order valence-corrected chi connectivity index (χ0v) is 21.9. The summed E-state index contributed by atoms with van der Waals surface area (Å²) in [6.45, 7) is 7.70.